The van der Waals surface area contributed by atoms with E-state index in [1.807, 2.05) is 60.3 Å². The molecule has 2 aliphatic rings. The second-order valence-electron chi connectivity index (χ2n) is 10.4. The number of anilines is 1. The number of nitrogens with zero attached hydrogens (tertiary/aromatic N) is 3. The summed E-state index contributed by atoms with van der Waals surface area (Å²) in [6.07, 6.45) is 5.72. The van der Waals surface area contributed by atoms with Crippen molar-refractivity contribution in [1.82, 2.24) is 14.3 Å². The SMILES string of the molecule is Cn1ccnc1CN(C(=O)[C@H]1C[C@H]1c1ccc(Cl)cc1)c1ccc2c(c1)[C@@H](NS(=O)(=O)c1cccc(Cl)c1)CC2. The number of benzene rings is 3. The van der Waals surface area contributed by atoms with Crippen LogP contribution in [0.4, 0.5) is 5.69 Å². The lowest BCUT2D eigenvalue weighted by Gasteiger charge is -2.25. The van der Waals surface area contributed by atoms with Crippen molar-refractivity contribution in [2.75, 3.05) is 4.90 Å². The number of amides is 1. The van der Waals surface area contributed by atoms with E-state index >= 15 is 0 Å². The summed E-state index contributed by atoms with van der Waals surface area (Å²) >= 11 is 12.1. The first-order valence-corrected chi connectivity index (χ1v) is 15.4. The molecule has 0 bridgehead atoms. The van der Waals surface area contributed by atoms with Crippen LogP contribution in [0.1, 0.15) is 47.3 Å². The summed E-state index contributed by atoms with van der Waals surface area (Å²) in [6.45, 7) is 0.309. The number of hydrogen-bond donors (Lipinski definition) is 1. The molecule has 0 unspecified atom stereocenters. The Morgan fingerprint density at radius 2 is 1.88 bits per heavy atom. The maximum Gasteiger partial charge on any atom is 0.241 e. The first kappa shape index (κ1) is 27.0. The van der Waals surface area contributed by atoms with Gasteiger partial charge < -0.3 is 9.47 Å². The summed E-state index contributed by atoms with van der Waals surface area (Å²) in [5.41, 5.74) is 3.77. The molecule has 10 heteroatoms. The zero-order chi connectivity index (χ0) is 28.0. The Kier molecular flexibility index (Phi) is 7.21. The van der Waals surface area contributed by atoms with Crippen molar-refractivity contribution in [1.29, 1.82) is 0 Å². The molecule has 40 heavy (non-hydrogen) atoms. The molecule has 3 atom stereocenters. The predicted molar refractivity (Wildman–Crippen MR) is 156 cm³/mol. The largest absolute Gasteiger partial charge is 0.337 e. The fourth-order valence-electron chi connectivity index (χ4n) is 5.50. The maximum absolute atomic E-state index is 14.0. The molecule has 0 spiro atoms. The Morgan fingerprint density at radius 3 is 2.60 bits per heavy atom. The van der Waals surface area contributed by atoms with Crippen LogP contribution in [-0.2, 0) is 34.8 Å². The quantitative estimate of drug-likeness (QED) is 0.270. The van der Waals surface area contributed by atoms with E-state index in [2.05, 4.69) is 9.71 Å². The van der Waals surface area contributed by atoms with Crippen LogP contribution in [0.15, 0.2) is 84.0 Å². The fourth-order valence-corrected chi connectivity index (χ4v) is 7.18. The molecule has 1 N–H and O–H groups in total. The van der Waals surface area contributed by atoms with E-state index in [1.54, 1.807) is 23.2 Å². The number of carbonyl (C=O) groups is 1. The number of hydrogen-bond acceptors (Lipinski definition) is 4. The van der Waals surface area contributed by atoms with Crippen molar-refractivity contribution < 1.29 is 13.2 Å². The molecule has 2 aliphatic carbocycles. The van der Waals surface area contributed by atoms with E-state index in [9.17, 15) is 13.2 Å². The lowest BCUT2D eigenvalue weighted by Crippen LogP contribution is -2.33. The number of aromatic nitrogens is 2. The van der Waals surface area contributed by atoms with Gasteiger partial charge in [-0.25, -0.2) is 18.1 Å². The smallest absolute Gasteiger partial charge is 0.241 e. The van der Waals surface area contributed by atoms with Crippen LogP contribution in [0.3, 0.4) is 0 Å². The number of rotatable bonds is 8. The monoisotopic (exact) mass is 594 g/mol. The third-order valence-corrected chi connectivity index (χ3v) is 9.77. The molecule has 6 rings (SSSR count). The lowest BCUT2D eigenvalue weighted by atomic mass is 10.1. The topological polar surface area (TPSA) is 84.3 Å². The minimum atomic E-state index is -3.79. The van der Waals surface area contributed by atoms with Crippen molar-refractivity contribution in [3.05, 3.63) is 112 Å². The molecule has 7 nitrogen and oxygen atoms in total. The van der Waals surface area contributed by atoms with Crippen molar-refractivity contribution in [2.24, 2.45) is 13.0 Å². The summed E-state index contributed by atoms with van der Waals surface area (Å²) < 4.78 is 31.1. The highest BCUT2D eigenvalue weighted by molar-refractivity contribution is 7.89. The van der Waals surface area contributed by atoms with Gasteiger partial charge >= 0.3 is 0 Å². The Morgan fingerprint density at radius 1 is 1.07 bits per heavy atom. The van der Waals surface area contributed by atoms with Gasteiger partial charge in [0.1, 0.15) is 5.82 Å². The highest BCUT2D eigenvalue weighted by atomic mass is 35.5. The number of carbonyl (C=O) groups excluding carboxylic acids is 1. The molecule has 1 fully saturated rings. The Bertz CT molecular complexity index is 1690. The predicted octanol–water partition coefficient (Wildman–Crippen LogP) is 6.03. The van der Waals surface area contributed by atoms with Gasteiger partial charge in [0, 0.05) is 47.1 Å². The van der Waals surface area contributed by atoms with Gasteiger partial charge in [-0.1, -0.05) is 47.5 Å². The molecule has 4 aromatic rings. The number of sulfonamides is 1. The van der Waals surface area contributed by atoms with Gasteiger partial charge in [0.05, 0.1) is 11.4 Å². The first-order valence-electron chi connectivity index (χ1n) is 13.1. The van der Waals surface area contributed by atoms with Gasteiger partial charge in [0.15, 0.2) is 0 Å². The highest BCUT2D eigenvalue weighted by Crippen LogP contribution is 2.49. The van der Waals surface area contributed by atoms with Crippen LogP contribution in [0.2, 0.25) is 10.0 Å². The number of nitrogens with one attached hydrogen (secondary N) is 1. The van der Waals surface area contributed by atoms with Gasteiger partial charge in [0.25, 0.3) is 0 Å². The zero-order valence-corrected chi connectivity index (χ0v) is 24.1. The lowest BCUT2D eigenvalue weighted by molar-refractivity contribution is -0.120. The molecule has 0 aliphatic heterocycles. The Balaban J connectivity index is 1.29. The molecular formula is C30H28Cl2N4O3S. The summed E-state index contributed by atoms with van der Waals surface area (Å²) in [5, 5.41) is 1.03. The fraction of sp³-hybridized carbons (Fsp3) is 0.267. The second kappa shape index (κ2) is 10.7. The van der Waals surface area contributed by atoms with E-state index in [1.165, 1.54) is 12.1 Å². The third kappa shape index (κ3) is 5.41. The summed E-state index contributed by atoms with van der Waals surface area (Å²) in [7, 11) is -1.88. The molecule has 1 amide bonds. The molecule has 3 aromatic carbocycles. The van der Waals surface area contributed by atoms with Crippen molar-refractivity contribution in [3.8, 4) is 0 Å². The van der Waals surface area contributed by atoms with Crippen molar-refractivity contribution in [2.45, 2.75) is 42.7 Å². The summed E-state index contributed by atoms with van der Waals surface area (Å²) in [6, 6.07) is 19.4. The molecule has 1 aromatic heterocycles. The minimum absolute atomic E-state index is 0.0250. The van der Waals surface area contributed by atoms with Crippen LogP contribution < -0.4 is 9.62 Å². The molecule has 1 saturated carbocycles. The van der Waals surface area contributed by atoms with E-state index in [0.29, 0.717) is 23.0 Å². The van der Waals surface area contributed by atoms with Crippen LogP contribution in [0.5, 0.6) is 0 Å². The summed E-state index contributed by atoms with van der Waals surface area (Å²) in [5.74, 6) is 0.778. The van der Waals surface area contributed by atoms with Gasteiger partial charge in [-0.05, 0) is 84.3 Å². The molecular weight excluding hydrogens is 567 g/mol. The number of fused-ring (bicyclic) bond motifs is 1. The number of aryl methyl sites for hydroxylation is 2. The third-order valence-electron chi connectivity index (χ3n) is 7.82. The van der Waals surface area contributed by atoms with Crippen LogP contribution in [-0.4, -0.2) is 23.9 Å². The second-order valence-corrected chi connectivity index (χ2v) is 13.0. The standard InChI is InChI=1S/C30H28Cl2N4O3S/c1-35-14-13-33-29(35)18-36(30(37)27-17-25(27)19-5-9-21(31)10-6-19)23-11-7-20-8-12-28(26(20)16-23)34-40(38,39)24-4-2-3-22(32)15-24/h2-7,9-11,13-16,25,27-28,34H,8,12,17-18H2,1H3/t25-,27-,28-/m0/s1. The average Bonchev–Trinajstić information content (AvgIpc) is 3.49. The number of halogens is 2. The molecule has 0 saturated heterocycles. The van der Waals surface area contributed by atoms with E-state index in [0.717, 1.165) is 41.0 Å². The van der Waals surface area contributed by atoms with Crippen LogP contribution >= 0.6 is 23.2 Å². The summed E-state index contributed by atoms with van der Waals surface area (Å²) in [4.78, 5) is 20.3. The minimum Gasteiger partial charge on any atom is -0.337 e. The number of imidazole rings is 1. The highest BCUT2D eigenvalue weighted by Gasteiger charge is 2.46. The van der Waals surface area contributed by atoms with Gasteiger partial charge in [-0.2, -0.15) is 0 Å². The zero-order valence-electron chi connectivity index (χ0n) is 21.8. The molecule has 1 heterocycles. The molecule has 206 valence electrons. The average molecular weight is 596 g/mol. The van der Waals surface area contributed by atoms with Gasteiger partial charge in [-0.3, -0.25) is 4.79 Å². The Labute approximate surface area is 243 Å². The van der Waals surface area contributed by atoms with E-state index in [4.69, 9.17) is 23.2 Å². The van der Waals surface area contributed by atoms with Gasteiger partial charge in [0.2, 0.25) is 15.9 Å². The van der Waals surface area contributed by atoms with Crippen molar-refractivity contribution >= 4 is 44.8 Å². The normalized spacial score (nSPS) is 19.8. The van der Waals surface area contributed by atoms with Gasteiger partial charge in [-0.15, -0.1) is 0 Å². The Hall–Kier alpha value is -3.17. The van der Waals surface area contributed by atoms with E-state index in [-0.39, 0.29) is 22.6 Å². The maximum atomic E-state index is 14.0. The first-order chi connectivity index (χ1) is 19.2. The van der Waals surface area contributed by atoms with Crippen LogP contribution in [0, 0.1) is 5.92 Å². The van der Waals surface area contributed by atoms with Crippen LogP contribution in [0.25, 0.3) is 0 Å². The van der Waals surface area contributed by atoms with Crippen molar-refractivity contribution in [3.63, 3.8) is 0 Å². The van der Waals surface area contributed by atoms with E-state index < -0.39 is 16.1 Å². The molecule has 0 radical (unpaired) electrons.